The summed E-state index contributed by atoms with van der Waals surface area (Å²) in [6.45, 7) is 10.4. The van der Waals surface area contributed by atoms with E-state index in [1.807, 2.05) is 6.92 Å². The molecule has 1 nitrogen and oxygen atoms in total. The summed E-state index contributed by atoms with van der Waals surface area (Å²) in [6.07, 6.45) is 24.1. The minimum atomic E-state index is -0.157. The van der Waals surface area contributed by atoms with Crippen LogP contribution in [0.1, 0.15) is 78.6 Å². The van der Waals surface area contributed by atoms with Crippen LogP contribution in [0.5, 0.6) is 0 Å². The normalized spacial score (nSPS) is 44.3. The van der Waals surface area contributed by atoms with E-state index in [9.17, 15) is 5.11 Å². The Morgan fingerprint density at radius 3 is 2.44 bits per heavy atom. The Labute approximate surface area is 156 Å². The van der Waals surface area contributed by atoms with E-state index >= 15 is 0 Å². The molecule has 3 saturated carbocycles. The quantitative estimate of drug-likeness (QED) is 0.414. The van der Waals surface area contributed by atoms with E-state index in [1.54, 1.807) is 11.6 Å². The van der Waals surface area contributed by atoms with E-state index in [2.05, 4.69) is 39.3 Å². The SMILES string of the molecule is C#C.C=CC.CC12CCCC1C1CCC3=CC(O)CCC3(C)C1CC2. The number of hydrogen-bond acceptors (Lipinski definition) is 1. The second-order valence-corrected chi connectivity index (χ2v) is 9.12. The zero-order chi connectivity index (χ0) is 18.7. The van der Waals surface area contributed by atoms with Crippen molar-refractivity contribution in [3.63, 3.8) is 0 Å². The molecule has 0 heterocycles. The molecule has 4 rings (SSSR count). The van der Waals surface area contributed by atoms with Gasteiger partial charge in [-0.1, -0.05) is 38.0 Å². The van der Waals surface area contributed by atoms with Gasteiger partial charge in [-0.3, -0.25) is 0 Å². The van der Waals surface area contributed by atoms with Gasteiger partial charge in [0.1, 0.15) is 0 Å². The third-order valence-electron chi connectivity index (χ3n) is 7.87. The predicted octanol–water partition coefficient (Wildman–Crippen LogP) is 6.14. The Hall–Kier alpha value is -1.00. The van der Waals surface area contributed by atoms with Crippen LogP contribution in [0.2, 0.25) is 0 Å². The molecule has 3 fully saturated rings. The third-order valence-corrected chi connectivity index (χ3v) is 7.87. The van der Waals surface area contributed by atoms with Gasteiger partial charge in [-0.15, -0.1) is 19.4 Å². The van der Waals surface area contributed by atoms with Crippen LogP contribution in [0.4, 0.5) is 0 Å². The van der Waals surface area contributed by atoms with Crippen LogP contribution < -0.4 is 0 Å². The van der Waals surface area contributed by atoms with Crippen LogP contribution in [-0.4, -0.2) is 11.2 Å². The van der Waals surface area contributed by atoms with Crippen molar-refractivity contribution in [2.24, 2.45) is 28.6 Å². The largest absolute Gasteiger partial charge is 0.389 e. The van der Waals surface area contributed by atoms with E-state index in [-0.39, 0.29) is 6.10 Å². The zero-order valence-corrected chi connectivity index (χ0v) is 16.6. The summed E-state index contributed by atoms with van der Waals surface area (Å²) < 4.78 is 0. The summed E-state index contributed by atoms with van der Waals surface area (Å²) in [7, 11) is 0. The molecule has 6 atom stereocenters. The van der Waals surface area contributed by atoms with Gasteiger partial charge >= 0.3 is 0 Å². The van der Waals surface area contributed by atoms with Gasteiger partial charge < -0.3 is 5.11 Å². The second-order valence-electron chi connectivity index (χ2n) is 9.12. The molecule has 0 aromatic carbocycles. The first kappa shape index (κ1) is 20.3. The number of aliphatic hydroxyl groups excluding tert-OH is 1. The van der Waals surface area contributed by atoms with Crippen molar-refractivity contribution in [1.29, 1.82) is 0 Å². The third kappa shape index (κ3) is 3.61. The summed E-state index contributed by atoms with van der Waals surface area (Å²) in [4.78, 5) is 0. The first-order chi connectivity index (χ1) is 11.9. The average molecular weight is 343 g/mol. The van der Waals surface area contributed by atoms with E-state index in [1.165, 1.54) is 51.4 Å². The maximum atomic E-state index is 9.97. The van der Waals surface area contributed by atoms with Gasteiger partial charge in [-0.25, -0.2) is 0 Å². The molecule has 0 saturated heterocycles. The lowest BCUT2D eigenvalue weighted by Crippen LogP contribution is -2.49. The number of fused-ring (bicyclic) bond motifs is 5. The molecule has 0 spiro atoms. The molecule has 140 valence electrons. The van der Waals surface area contributed by atoms with Gasteiger partial charge in [0, 0.05) is 0 Å². The van der Waals surface area contributed by atoms with E-state index in [0.717, 1.165) is 24.2 Å². The highest BCUT2D eigenvalue weighted by Gasteiger charge is 2.55. The molecular formula is C24H38O. The fraction of sp³-hybridized carbons (Fsp3) is 0.750. The Morgan fingerprint density at radius 1 is 1.08 bits per heavy atom. The molecule has 1 heteroatoms. The van der Waals surface area contributed by atoms with Gasteiger partial charge in [0.15, 0.2) is 0 Å². The van der Waals surface area contributed by atoms with Gasteiger partial charge in [0.25, 0.3) is 0 Å². The molecule has 4 aliphatic carbocycles. The summed E-state index contributed by atoms with van der Waals surface area (Å²) in [5.74, 6) is 2.89. The standard InChI is InChI=1S/C19H30O.C3H6.C2H2/c1-18-9-3-4-16(18)15-6-5-13-12-14(20)7-11-19(13,2)17(15)8-10-18;1-3-2;1-2/h12,14-17,20H,3-11H2,1-2H3;3H,1H2,2H3;1-2H. The minimum absolute atomic E-state index is 0.157. The average Bonchev–Trinajstić information content (AvgIpc) is 3.00. The first-order valence-corrected chi connectivity index (χ1v) is 10.2. The van der Waals surface area contributed by atoms with Crippen LogP contribution in [0, 0.1) is 41.4 Å². The fourth-order valence-electron chi connectivity index (χ4n) is 6.70. The molecule has 0 aromatic heterocycles. The Balaban J connectivity index is 0.000000410. The molecule has 0 aliphatic heterocycles. The van der Waals surface area contributed by atoms with Crippen molar-refractivity contribution in [2.45, 2.75) is 84.7 Å². The van der Waals surface area contributed by atoms with Crippen LogP contribution in [0.3, 0.4) is 0 Å². The lowest BCUT2D eigenvalue weighted by Gasteiger charge is -2.57. The molecule has 4 aliphatic rings. The van der Waals surface area contributed by atoms with E-state index < -0.39 is 0 Å². The predicted molar refractivity (Wildman–Crippen MR) is 108 cm³/mol. The van der Waals surface area contributed by atoms with Crippen LogP contribution >= 0.6 is 0 Å². The molecular weight excluding hydrogens is 304 g/mol. The van der Waals surface area contributed by atoms with E-state index in [4.69, 9.17) is 0 Å². The van der Waals surface area contributed by atoms with Crippen molar-refractivity contribution in [1.82, 2.24) is 0 Å². The lowest BCUT2D eigenvalue weighted by atomic mass is 9.47. The van der Waals surface area contributed by atoms with Gasteiger partial charge in [0.2, 0.25) is 0 Å². The number of terminal acetylenes is 1. The van der Waals surface area contributed by atoms with Crippen molar-refractivity contribution in [3.05, 3.63) is 24.3 Å². The monoisotopic (exact) mass is 342 g/mol. The number of allylic oxidation sites excluding steroid dienone is 2. The molecule has 0 radical (unpaired) electrons. The van der Waals surface area contributed by atoms with Crippen LogP contribution in [-0.2, 0) is 0 Å². The Kier molecular flexibility index (Phi) is 6.61. The molecule has 0 bridgehead atoms. The lowest BCUT2D eigenvalue weighted by molar-refractivity contribution is -0.0411. The van der Waals surface area contributed by atoms with Gasteiger partial charge in [0.05, 0.1) is 6.10 Å². The molecule has 6 unspecified atom stereocenters. The maximum absolute atomic E-state index is 9.97. The molecule has 0 amide bonds. The highest BCUT2D eigenvalue weighted by molar-refractivity contribution is 5.25. The van der Waals surface area contributed by atoms with E-state index in [0.29, 0.717) is 10.8 Å². The highest BCUT2D eigenvalue weighted by atomic mass is 16.3. The molecule has 0 aromatic rings. The summed E-state index contributed by atoms with van der Waals surface area (Å²) in [5.41, 5.74) is 2.71. The van der Waals surface area contributed by atoms with Crippen LogP contribution in [0.15, 0.2) is 24.3 Å². The Morgan fingerprint density at radius 2 is 1.76 bits per heavy atom. The van der Waals surface area contributed by atoms with Gasteiger partial charge in [-0.05, 0) is 86.9 Å². The van der Waals surface area contributed by atoms with Crippen LogP contribution in [0.25, 0.3) is 0 Å². The second kappa shape index (κ2) is 8.13. The first-order valence-electron chi connectivity index (χ1n) is 10.2. The zero-order valence-electron chi connectivity index (χ0n) is 16.6. The fourth-order valence-corrected chi connectivity index (χ4v) is 6.70. The summed E-state index contributed by atoms with van der Waals surface area (Å²) >= 11 is 0. The highest BCUT2D eigenvalue weighted by Crippen LogP contribution is 2.65. The molecule has 25 heavy (non-hydrogen) atoms. The minimum Gasteiger partial charge on any atom is -0.389 e. The number of hydrogen-bond donors (Lipinski definition) is 1. The summed E-state index contributed by atoms with van der Waals surface area (Å²) in [5, 5.41) is 9.97. The van der Waals surface area contributed by atoms with Gasteiger partial charge in [-0.2, -0.15) is 0 Å². The van der Waals surface area contributed by atoms with Crippen molar-refractivity contribution in [2.75, 3.05) is 0 Å². The topological polar surface area (TPSA) is 20.2 Å². The number of rotatable bonds is 0. The van der Waals surface area contributed by atoms with Crippen molar-refractivity contribution < 1.29 is 5.11 Å². The van der Waals surface area contributed by atoms with Crippen molar-refractivity contribution >= 4 is 0 Å². The maximum Gasteiger partial charge on any atom is 0.0724 e. The number of aliphatic hydroxyl groups is 1. The smallest absolute Gasteiger partial charge is 0.0724 e. The summed E-state index contributed by atoms with van der Waals surface area (Å²) in [6, 6.07) is 0. The van der Waals surface area contributed by atoms with Crippen molar-refractivity contribution in [3.8, 4) is 12.8 Å². The molecule has 1 N–H and O–H groups in total. The Bertz CT molecular complexity index is 515.